The molecule has 16 heavy (non-hydrogen) atoms. The maximum atomic E-state index is 11.4. The highest BCUT2D eigenvalue weighted by atomic mass is 32.2. The largest absolute Gasteiger partial charge is 0.327 e. The van der Waals surface area contributed by atoms with E-state index in [4.69, 9.17) is 5.73 Å². The fourth-order valence-electron chi connectivity index (χ4n) is 1.53. The summed E-state index contributed by atoms with van der Waals surface area (Å²) in [4.78, 5) is 0. The van der Waals surface area contributed by atoms with E-state index in [2.05, 4.69) is 20.8 Å². The summed E-state index contributed by atoms with van der Waals surface area (Å²) in [6.45, 7) is 8.25. The molecule has 2 N–H and O–H groups in total. The molecule has 0 bridgehead atoms. The first-order valence-corrected chi connectivity index (χ1v) is 7.97. The molecule has 0 heterocycles. The summed E-state index contributed by atoms with van der Waals surface area (Å²) in [5.74, 6) is 0.635. The van der Waals surface area contributed by atoms with Gasteiger partial charge in [0, 0.05) is 11.8 Å². The van der Waals surface area contributed by atoms with Gasteiger partial charge in [0.1, 0.15) is 9.84 Å². The average Bonchev–Trinajstić information content (AvgIpc) is 2.10. The maximum Gasteiger partial charge on any atom is 0.150 e. The van der Waals surface area contributed by atoms with Gasteiger partial charge in [0.05, 0.1) is 5.75 Å². The Balaban J connectivity index is 3.77. The SMILES string of the molecule is CCCS(=O)(=O)CCCCC(N)C(C)(C)C. The number of nitrogens with two attached hydrogens (primary N) is 1. The Bertz CT molecular complexity index is 278. The van der Waals surface area contributed by atoms with Crippen molar-refractivity contribution in [3.8, 4) is 0 Å². The van der Waals surface area contributed by atoms with Crippen molar-refractivity contribution in [2.45, 2.75) is 59.4 Å². The first kappa shape index (κ1) is 15.9. The summed E-state index contributed by atoms with van der Waals surface area (Å²) in [5.41, 5.74) is 6.12. The molecule has 4 heteroatoms. The smallest absolute Gasteiger partial charge is 0.150 e. The van der Waals surface area contributed by atoms with Crippen molar-refractivity contribution in [1.82, 2.24) is 0 Å². The van der Waals surface area contributed by atoms with Crippen molar-refractivity contribution in [3.05, 3.63) is 0 Å². The Morgan fingerprint density at radius 3 is 2.12 bits per heavy atom. The lowest BCUT2D eigenvalue weighted by atomic mass is 9.84. The lowest BCUT2D eigenvalue weighted by Gasteiger charge is -2.26. The number of rotatable bonds is 7. The van der Waals surface area contributed by atoms with E-state index in [9.17, 15) is 8.42 Å². The second-order valence-electron chi connectivity index (χ2n) is 5.62. The number of sulfone groups is 1. The molecule has 0 aromatic carbocycles. The van der Waals surface area contributed by atoms with E-state index >= 15 is 0 Å². The molecule has 0 amide bonds. The van der Waals surface area contributed by atoms with Crippen molar-refractivity contribution in [3.63, 3.8) is 0 Å². The van der Waals surface area contributed by atoms with E-state index in [0.29, 0.717) is 17.9 Å². The van der Waals surface area contributed by atoms with Gasteiger partial charge in [-0.3, -0.25) is 0 Å². The topological polar surface area (TPSA) is 60.2 Å². The molecule has 1 atom stereocenters. The molecular formula is C12H27NO2S. The van der Waals surface area contributed by atoms with Crippen LogP contribution in [0.15, 0.2) is 0 Å². The van der Waals surface area contributed by atoms with Gasteiger partial charge in [-0.15, -0.1) is 0 Å². The third-order valence-corrected chi connectivity index (χ3v) is 4.79. The van der Waals surface area contributed by atoms with Gasteiger partial charge in [0.15, 0.2) is 0 Å². The standard InChI is InChI=1S/C12H27NO2S/c1-5-9-16(14,15)10-7-6-8-11(13)12(2,3)4/h11H,5-10,13H2,1-4H3. The van der Waals surface area contributed by atoms with E-state index < -0.39 is 9.84 Å². The zero-order valence-electron chi connectivity index (χ0n) is 11.1. The molecule has 1 unspecified atom stereocenters. The molecule has 0 aromatic heterocycles. The van der Waals surface area contributed by atoms with Crippen molar-refractivity contribution in [2.24, 2.45) is 11.1 Å². The van der Waals surface area contributed by atoms with E-state index in [-0.39, 0.29) is 11.5 Å². The van der Waals surface area contributed by atoms with Crippen LogP contribution in [-0.4, -0.2) is 26.0 Å². The Kier molecular flexibility index (Phi) is 6.56. The average molecular weight is 249 g/mol. The minimum atomic E-state index is -2.81. The molecule has 0 aliphatic rings. The quantitative estimate of drug-likeness (QED) is 0.705. The van der Waals surface area contributed by atoms with Gasteiger partial charge in [-0.05, 0) is 24.7 Å². The van der Waals surface area contributed by atoms with Crippen LogP contribution in [-0.2, 0) is 9.84 Å². The first-order valence-electron chi connectivity index (χ1n) is 6.15. The predicted molar refractivity (Wildman–Crippen MR) is 70.2 cm³/mol. The number of hydrogen-bond acceptors (Lipinski definition) is 3. The predicted octanol–water partition coefficient (Wildman–Crippen LogP) is 2.35. The maximum absolute atomic E-state index is 11.4. The van der Waals surface area contributed by atoms with Crippen LogP contribution in [0.2, 0.25) is 0 Å². The van der Waals surface area contributed by atoms with Gasteiger partial charge in [-0.2, -0.15) is 0 Å². The van der Waals surface area contributed by atoms with Crippen LogP contribution in [0.1, 0.15) is 53.4 Å². The van der Waals surface area contributed by atoms with Crippen LogP contribution < -0.4 is 5.73 Å². The monoisotopic (exact) mass is 249 g/mol. The first-order chi connectivity index (χ1) is 7.19. The van der Waals surface area contributed by atoms with Gasteiger partial charge in [0.25, 0.3) is 0 Å². The summed E-state index contributed by atoms with van der Waals surface area (Å²) in [6, 6.07) is 0.154. The Morgan fingerprint density at radius 1 is 1.12 bits per heavy atom. The lowest BCUT2D eigenvalue weighted by Crippen LogP contribution is -2.34. The Labute approximate surface area is 101 Å². The minimum absolute atomic E-state index is 0.113. The van der Waals surface area contributed by atoms with Gasteiger partial charge in [-0.1, -0.05) is 34.1 Å². The third kappa shape index (κ3) is 7.23. The van der Waals surface area contributed by atoms with Gasteiger partial charge < -0.3 is 5.73 Å². The Hall–Kier alpha value is -0.0900. The molecule has 0 saturated carbocycles. The molecule has 98 valence electrons. The lowest BCUT2D eigenvalue weighted by molar-refractivity contribution is 0.300. The van der Waals surface area contributed by atoms with Crippen LogP contribution in [0.4, 0.5) is 0 Å². The van der Waals surface area contributed by atoms with Crippen molar-refractivity contribution < 1.29 is 8.42 Å². The van der Waals surface area contributed by atoms with Crippen LogP contribution in [0.3, 0.4) is 0 Å². The second-order valence-corrected chi connectivity index (χ2v) is 7.92. The van der Waals surface area contributed by atoms with Crippen molar-refractivity contribution >= 4 is 9.84 Å². The molecular weight excluding hydrogens is 222 g/mol. The fourth-order valence-corrected chi connectivity index (χ4v) is 3.00. The van der Waals surface area contributed by atoms with Crippen LogP contribution in [0.25, 0.3) is 0 Å². The molecule has 0 spiro atoms. The van der Waals surface area contributed by atoms with E-state index in [1.165, 1.54) is 0 Å². The molecule has 0 saturated heterocycles. The summed E-state index contributed by atoms with van der Waals surface area (Å²) in [5, 5.41) is 0. The number of hydrogen-bond donors (Lipinski definition) is 1. The molecule has 0 aromatic rings. The van der Waals surface area contributed by atoms with Gasteiger partial charge in [-0.25, -0.2) is 8.42 Å². The summed E-state index contributed by atoms with van der Waals surface area (Å²) < 4.78 is 22.9. The van der Waals surface area contributed by atoms with Gasteiger partial charge >= 0.3 is 0 Å². The van der Waals surface area contributed by atoms with E-state index in [0.717, 1.165) is 19.3 Å². The molecule has 0 aliphatic heterocycles. The normalized spacial score (nSPS) is 15.1. The molecule has 0 aliphatic carbocycles. The van der Waals surface area contributed by atoms with Crippen molar-refractivity contribution in [2.75, 3.05) is 11.5 Å². The van der Waals surface area contributed by atoms with E-state index in [1.54, 1.807) is 0 Å². The molecule has 3 nitrogen and oxygen atoms in total. The summed E-state index contributed by atoms with van der Waals surface area (Å²) >= 11 is 0. The summed E-state index contributed by atoms with van der Waals surface area (Å²) in [6.07, 6.45) is 3.27. The number of unbranched alkanes of at least 4 members (excludes halogenated alkanes) is 1. The summed E-state index contributed by atoms with van der Waals surface area (Å²) in [7, 11) is -2.81. The highest BCUT2D eigenvalue weighted by molar-refractivity contribution is 7.91. The van der Waals surface area contributed by atoms with E-state index in [1.807, 2.05) is 6.92 Å². The minimum Gasteiger partial charge on any atom is -0.327 e. The van der Waals surface area contributed by atoms with Gasteiger partial charge in [0.2, 0.25) is 0 Å². The fraction of sp³-hybridized carbons (Fsp3) is 1.00. The van der Waals surface area contributed by atoms with Crippen LogP contribution >= 0.6 is 0 Å². The Morgan fingerprint density at radius 2 is 1.69 bits per heavy atom. The molecule has 0 rings (SSSR count). The third-order valence-electron chi connectivity index (χ3n) is 2.85. The highest BCUT2D eigenvalue weighted by Gasteiger charge is 2.20. The van der Waals surface area contributed by atoms with Crippen LogP contribution in [0.5, 0.6) is 0 Å². The highest BCUT2D eigenvalue weighted by Crippen LogP contribution is 2.21. The van der Waals surface area contributed by atoms with Crippen molar-refractivity contribution in [1.29, 1.82) is 0 Å². The second kappa shape index (κ2) is 6.60. The zero-order chi connectivity index (χ0) is 12.8. The molecule has 0 radical (unpaired) electrons. The molecule has 0 fully saturated rings. The van der Waals surface area contributed by atoms with Crippen LogP contribution in [0, 0.1) is 5.41 Å². The zero-order valence-corrected chi connectivity index (χ0v) is 11.9.